The van der Waals surface area contributed by atoms with Crippen LogP contribution in [0.25, 0.3) is 0 Å². The third kappa shape index (κ3) is 7.99. The number of hydrogen-bond acceptors (Lipinski definition) is 3. The number of carbonyl (C=O) groups excluding carboxylic acids is 1. The van der Waals surface area contributed by atoms with Crippen LogP contribution in [0.15, 0.2) is 24.0 Å². The van der Waals surface area contributed by atoms with E-state index in [0.717, 1.165) is 12.0 Å². The highest BCUT2D eigenvalue weighted by molar-refractivity contribution is 6.69. The van der Waals surface area contributed by atoms with Crippen LogP contribution < -0.4 is 0 Å². The second-order valence-corrected chi connectivity index (χ2v) is 8.59. The zero-order valence-electron chi connectivity index (χ0n) is 10.2. The Balaban J connectivity index is 4.34. The van der Waals surface area contributed by atoms with E-state index in [0.29, 0.717) is 0 Å². The largest absolute Gasteiger partial charge is 0.550 e. The molecule has 0 saturated heterocycles. The van der Waals surface area contributed by atoms with E-state index in [4.69, 9.17) is 4.43 Å². The fourth-order valence-electron chi connectivity index (χ4n) is 0.804. The van der Waals surface area contributed by atoms with Crippen molar-refractivity contribution in [2.45, 2.75) is 33.0 Å². The molecular weight excluding hydrogens is 208 g/mol. The van der Waals surface area contributed by atoms with Gasteiger partial charge in [-0.25, -0.2) is 4.79 Å². The summed E-state index contributed by atoms with van der Waals surface area (Å²) in [7, 11) is -0.146. The number of hydrogen-bond donors (Lipinski definition) is 0. The molecule has 0 aliphatic heterocycles. The zero-order valence-corrected chi connectivity index (χ0v) is 11.2. The van der Waals surface area contributed by atoms with Crippen molar-refractivity contribution in [3.8, 4) is 0 Å². The second-order valence-electron chi connectivity index (χ2n) is 4.13. The second kappa shape index (κ2) is 6.45. The monoisotopic (exact) mass is 228 g/mol. The van der Waals surface area contributed by atoms with E-state index in [1.165, 1.54) is 13.2 Å². The fraction of sp³-hybridized carbons (Fsp3) is 0.545. The molecule has 0 rings (SSSR count). The Morgan fingerprint density at radius 1 is 1.33 bits per heavy atom. The van der Waals surface area contributed by atoms with E-state index >= 15 is 0 Å². The molecule has 0 aliphatic carbocycles. The van der Waals surface area contributed by atoms with Crippen molar-refractivity contribution in [3.05, 3.63) is 24.0 Å². The lowest BCUT2D eigenvalue weighted by Crippen LogP contribution is -2.21. The Kier molecular flexibility index (Phi) is 6.01. The summed E-state index contributed by atoms with van der Waals surface area (Å²) in [6, 6.07) is 0. The van der Waals surface area contributed by atoms with E-state index in [9.17, 15) is 4.79 Å². The summed E-state index contributed by atoms with van der Waals surface area (Å²) >= 11 is 0. The van der Waals surface area contributed by atoms with Gasteiger partial charge in [0.25, 0.3) is 0 Å². The summed E-state index contributed by atoms with van der Waals surface area (Å²) in [6.07, 6.45) is 5.74. The molecule has 0 bridgehead atoms. The van der Waals surface area contributed by atoms with Gasteiger partial charge in [0, 0.05) is 6.08 Å². The molecule has 0 aromatic carbocycles. The molecule has 0 saturated carbocycles. The first-order chi connectivity index (χ1) is 6.89. The molecule has 0 aliphatic rings. The van der Waals surface area contributed by atoms with Gasteiger partial charge in [0.15, 0.2) is 0 Å². The molecule has 0 fully saturated rings. The molecular formula is C11H20O3Si. The van der Waals surface area contributed by atoms with E-state index in [-0.39, 0.29) is 5.97 Å². The molecule has 15 heavy (non-hydrogen) atoms. The molecule has 86 valence electrons. The number of rotatable bonds is 5. The first kappa shape index (κ1) is 14.0. The first-order valence-corrected chi connectivity index (χ1v) is 8.42. The van der Waals surface area contributed by atoms with Crippen molar-refractivity contribution in [1.29, 1.82) is 0 Å². The molecule has 4 heteroatoms. The summed E-state index contributed by atoms with van der Waals surface area (Å²) in [6.45, 7) is 8.29. The van der Waals surface area contributed by atoms with Gasteiger partial charge >= 0.3 is 5.97 Å². The van der Waals surface area contributed by atoms with Gasteiger partial charge in [0.05, 0.1) is 13.4 Å². The summed E-state index contributed by atoms with van der Waals surface area (Å²) in [5, 5.41) is 0. The fourth-order valence-corrected chi connectivity index (χ4v) is 1.28. The molecule has 0 aromatic rings. The minimum atomic E-state index is -1.52. The number of allylic oxidation sites excluding steroid dienone is 2. The number of esters is 1. The van der Waals surface area contributed by atoms with Crippen LogP contribution >= 0.6 is 0 Å². The lowest BCUT2D eigenvalue weighted by Gasteiger charge is -2.14. The van der Waals surface area contributed by atoms with Crippen molar-refractivity contribution in [2.75, 3.05) is 7.11 Å². The summed E-state index contributed by atoms with van der Waals surface area (Å²) in [5.74, 6) is -0.329. The van der Waals surface area contributed by atoms with Crippen molar-refractivity contribution < 1.29 is 14.0 Å². The quantitative estimate of drug-likeness (QED) is 0.239. The lowest BCUT2D eigenvalue weighted by atomic mass is 10.2. The standard InChI is InChI=1S/C11H20O3Si/c1-6-10(9-11(12)13-2)7-8-14-15(3,4)5/h7-9H,6H2,1-5H3/b8-7+,10-9+. The van der Waals surface area contributed by atoms with Crippen molar-refractivity contribution in [2.24, 2.45) is 0 Å². The molecule has 0 spiro atoms. The topological polar surface area (TPSA) is 35.5 Å². The van der Waals surface area contributed by atoms with Crippen LogP contribution in [0.1, 0.15) is 13.3 Å². The predicted octanol–water partition coefficient (Wildman–Crippen LogP) is 2.86. The molecule has 0 aromatic heterocycles. The minimum absolute atomic E-state index is 0.329. The Morgan fingerprint density at radius 3 is 2.33 bits per heavy atom. The highest BCUT2D eigenvalue weighted by atomic mass is 28.4. The van der Waals surface area contributed by atoms with Crippen LogP contribution in [0, 0.1) is 0 Å². The Bertz CT molecular complexity index is 261. The Hall–Kier alpha value is -1.03. The van der Waals surface area contributed by atoms with Gasteiger partial charge < -0.3 is 9.16 Å². The van der Waals surface area contributed by atoms with E-state index in [1.807, 2.05) is 13.0 Å². The first-order valence-electron chi connectivity index (χ1n) is 5.02. The predicted molar refractivity (Wildman–Crippen MR) is 64.0 cm³/mol. The van der Waals surface area contributed by atoms with Crippen molar-refractivity contribution in [1.82, 2.24) is 0 Å². The zero-order chi connectivity index (χ0) is 11.9. The molecule has 0 atom stereocenters. The number of carbonyl (C=O) groups is 1. The van der Waals surface area contributed by atoms with Crippen LogP contribution in [-0.2, 0) is 14.0 Å². The molecule has 0 radical (unpaired) electrons. The van der Waals surface area contributed by atoms with Gasteiger partial charge in [-0.2, -0.15) is 0 Å². The highest BCUT2D eigenvalue weighted by Crippen LogP contribution is 2.07. The maximum Gasteiger partial charge on any atom is 0.330 e. The molecule has 0 heterocycles. The SMILES string of the molecule is CCC(/C=C/O[Si](C)(C)C)=C\C(=O)OC. The lowest BCUT2D eigenvalue weighted by molar-refractivity contribution is -0.134. The third-order valence-corrected chi connectivity index (χ3v) is 2.46. The average Bonchev–Trinajstić information content (AvgIpc) is 2.14. The van der Waals surface area contributed by atoms with E-state index in [1.54, 1.807) is 6.26 Å². The van der Waals surface area contributed by atoms with Crippen molar-refractivity contribution in [3.63, 3.8) is 0 Å². The van der Waals surface area contributed by atoms with Gasteiger partial charge in [0.2, 0.25) is 8.32 Å². The third-order valence-electron chi connectivity index (χ3n) is 1.62. The maximum absolute atomic E-state index is 11.0. The van der Waals surface area contributed by atoms with Crippen LogP contribution in [0.2, 0.25) is 19.6 Å². The van der Waals surface area contributed by atoms with Gasteiger partial charge in [-0.05, 0) is 37.7 Å². The summed E-state index contributed by atoms with van der Waals surface area (Å²) < 4.78 is 10.1. The number of methoxy groups -OCH3 is 1. The molecule has 0 N–H and O–H groups in total. The minimum Gasteiger partial charge on any atom is -0.550 e. The van der Waals surface area contributed by atoms with E-state index < -0.39 is 8.32 Å². The van der Waals surface area contributed by atoms with Crippen LogP contribution in [0.4, 0.5) is 0 Å². The highest BCUT2D eigenvalue weighted by Gasteiger charge is 2.12. The summed E-state index contributed by atoms with van der Waals surface area (Å²) in [5.41, 5.74) is 0.903. The van der Waals surface area contributed by atoms with Gasteiger partial charge in [-0.15, -0.1) is 0 Å². The van der Waals surface area contributed by atoms with Gasteiger partial charge in [-0.3, -0.25) is 0 Å². The van der Waals surface area contributed by atoms with Crippen LogP contribution in [0.3, 0.4) is 0 Å². The van der Waals surface area contributed by atoms with Crippen LogP contribution in [-0.4, -0.2) is 21.4 Å². The Morgan fingerprint density at radius 2 is 1.93 bits per heavy atom. The average molecular weight is 228 g/mol. The van der Waals surface area contributed by atoms with Crippen LogP contribution in [0.5, 0.6) is 0 Å². The van der Waals surface area contributed by atoms with Gasteiger partial charge in [-0.1, -0.05) is 6.92 Å². The van der Waals surface area contributed by atoms with E-state index in [2.05, 4.69) is 24.4 Å². The molecule has 0 amide bonds. The summed E-state index contributed by atoms with van der Waals surface area (Å²) in [4.78, 5) is 11.0. The van der Waals surface area contributed by atoms with Crippen molar-refractivity contribution >= 4 is 14.3 Å². The van der Waals surface area contributed by atoms with Gasteiger partial charge in [0.1, 0.15) is 0 Å². The molecule has 3 nitrogen and oxygen atoms in total. The Labute approximate surface area is 92.9 Å². The normalized spacial score (nSPS) is 13.0. The maximum atomic E-state index is 11.0. The number of ether oxygens (including phenoxy) is 1. The smallest absolute Gasteiger partial charge is 0.330 e. The molecule has 0 unspecified atom stereocenters.